The van der Waals surface area contributed by atoms with Gasteiger partial charge in [-0.3, -0.25) is 0 Å². The molecule has 0 heterocycles. The van der Waals surface area contributed by atoms with Crippen molar-refractivity contribution in [2.75, 3.05) is 0 Å². The highest BCUT2D eigenvalue weighted by atomic mass is 16.3. The Morgan fingerprint density at radius 3 is 1.51 bits per heavy atom. The van der Waals surface area contributed by atoms with Gasteiger partial charge in [0.2, 0.25) is 0 Å². The van der Waals surface area contributed by atoms with E-state index in [2.05, 4.69) is 67.6 Å². The van der Waals surface area contributed by atoms with Gasteiger partial charge in [-0.05, 0) is 79.4 Å². The van der Waals surface area contributed by atoms with Crippen LogP contribution in [0.5, 0.6) is 0 Å². The van der Waals surface area contributed by atoms with Crippen molar-refractivity contribution in [1.29, 1.82) is 0 Å². The van der Waals surface area contributed by atoms with Crippen LogP contribution in [0.3, 0.4) is 0 Å². The maximum Gasteiger partial charge on any atom is 0.141 e. The first-order valence-electron chi connectivity index (χ1n) is 14.0. The summed E-state index contributed by atoms with van der Waals surface area (Å²) in [6.07, 6.45) is 5.11. The zero-order valence-electron chi connectivity index (χ0n) is 22.7. The minimum atomic E-state index is -1.38. The SMILES string of the molecule is CC.CC1C=C2C(=CC1)C(O)(c1ccc3ccccc3c1)c1ccccc1C2(O)c1ccc2ccccc2c1. The van der Waals surface area contributed by atoms with Gasteiger partial charge in [-0.15, -0.1) is 0 Å². The minimum absolute atomic E-state index is 0.247. The number of allylic oxidation sites excluding steroid dienone is 2. The molecular weight excluding hydrogens is 476 g/mol. The van der Waals surface area contributed by atoms with Gasteiger partial charge in [0.05, 0.1) is 0 Å². The molecule has 0 fully saturated rings. The summed E-state index contributed by atoms with van der Waals surface area (Å²) in [5, 5.41) is 30.0. The van der Waals surface area contributed by atoms with E-state index in [1.807, 2.05) is 74.5 Å². The highest BCUT2D eigenvalue weighted by molar-refractivity contribution is 5.85. The molecule has 2 heteroatoms. The van der Waals surface area contributed by atoms with Gasteiger partial charge in [-0.25, -0.2) is 0 Å². The molecular formula is C37H34O2. The van der Waals surface area contributed by atoms with Gasteiger partial charge in [-0.2, -0.15) is 0 Å². The molecule has 0 saturated carbocycles. The van der Waals surface area contributed by atoms with Gasteiger partial charge in [0, 0.05) is 0 Å². The molecule has 39 heavy (non-hydrogen) atoms. The van der Waals surface area contributed by atoms with Crippen LogP contribution >= 0.6 is 0 Å². The van der Waals surface area contributed by atoms with E-state index in [0.717, 1.165) is 61.4 Å². The number of aliphatic hydroxyl groups is 2. The fourth-order valence-electron chi connectivity index (χ4n) is 6.37. The van der Waals surface area contributed by atoms with Crippen LogP contribution in [0.15, 0.2) is 132 Å². The smallest absolute Gasteiger partial charge is 0.141 e. The summed E-state index contributed by atoms with van der Waals surface area (Å²) in [5.41, 5.74) is 1.85. The van der Waals surface area contributed by atoms with Crippen LogP contribution in [0.2, 0.25) is 0 Å². The Bertz CT molecular complexity index is 1760. The molecule has 0 amide bonds. The van der Waals surface area contributed by atoms with E-state index in [1.54, 1.807) is 0 Å². The summed E-state index contributed by atoms with van der Waals surface area (Å²) in [4.78, 5) is 0. The van der Waals surface area contributed by atoms with E-state index in [1.165, 1.54) is 0 Å². The molecule has 7 rings (SSSR count). The van der Waals surface area contributed by atoms with Crippen molar-refractivity contribution in [1.82, 2.24) is 0 Å². The second kappa shape index (κ2) is 9.64. The zero-order valence-corrected chi connectivity index (χ0v) is 22.7. The number of benzene rings is 5. The molecule has 3 unspecified atom stereocenters. The van der Waals surface area contributed by atoms with Crippen LogP contribution in [-0.2, 0) is 11.2 Å². The third kappa shape index (κ3) is 3.78. The lowest BCUT2D eigenvalue weighted by Crippen LogP contribution is -2.46. The Hall–Kier alpha value is -3.98. The van der Waals surface area contributed by atoms with Crippen molar-refractivity contribution in [3.05, 3.63) is 155 Å². The maximum absolute atomic E-state index is 12.8. The molecule has 2 aliphatic rings. The number of fused-ring (bicyclic) bond motifs is 4. The van der Waals surface area contributed by atoms with Gasteiger partial charge < -0.3 is 10.2 Å². The quantitative estimate of drug-likeness (QED) is 0.250. The fraction of sp³-hybridized carbons (Fsp3) is 0.189. The summed E-state index contributed by atoms with van der Waals surface area (Å²) < 4.78 is 0. The standard InChI is InChI=1S/C35H28O2.C2H6/c1-23-14-19-32-33(20-23)35(37,29-18-16-25-9-3-5-11-27(25)22-29)31-13-7-6-12-30(31)34(32,36)28-17-15-24-8-2-4-10-26(24)21-28;1-2/h2-13,15-23,36-37H,14H2,1H3;1-2H3. The van der Waals surface area contributed by atoms with E-state index in [4.69, 9.17) is 0 Å². The van der Waals surface area contributed by atoms with Gasteiger partial charge >= 0.3 is 0 Å². The highest BCUT2D eigenvalue weighted by Gasteiger charge is 2.53. The lowest BCUT2D eigenvalue weighted by Gasteiger charge is -2.48. The predicted molar refractivity (Wildman–Crippen MR) is 162 cm³/mol. The van der Waals surface area contributed by atoms with E-state index in [9.17, 15) is 10.2 Å². The van der Waals surface area contributed by atoms with E-state index in [-0.39, 0.29) is 5.92 Å². The molecule has 0 aliphatic heterocycles. The molecule has 0 aromatic heterocycles. The second-order valence-corrected chi connectivity index (χ2v) is 10.5. The molecule has 5 aromatic carbocycles. The second-order valence-electron chi connectivity index (χ2n) is 10.5. The van der Waals surface area contributed by atoms with Crippen LogP contribution in [-0.4, -0.2) is 10.2 Å². The lowest BCUT2D eigenvalue weighted by molar-refractivity contribution is 0.0664. The molecule has 5 aromatic rings. The van der Waals surface area contributed by atoms with Crippen LogP contribution in [0, 0.1) is 5.92 Å². The molecule has 0 radical (unpaired) electrons. The number of rotatable bonds is 2. The van der Waals surface area contributed by atoms with Gasteiger partial charge in [0.1, 0.15) is 11.2 Å². The monoisotopic (exact) mass is 510 g/mol. The van der Waals surface area contributed by atoms with Gasteiger partial charge in [-0.1, -0.05) is 130 Å². The first kappa shape index (κ1) is 25.3. The van der Waals surface area contributed by atoms with Crippen molar-refractivity contribution >= 4 is 21.5 Å². The van der Waals surface area contributed by atoms with Crippen LogP contribution in [0.4, 0.5) is 0 Å². The maximum atomic E-state index is 12.8. The van der Waals surface area contributed by atoms with Crippen molar-refractivity contribution in [2.45, 2.75) is 38.4 Å². The average Bonchev–Trinajstić information content (AvgIpc) is 3.00. The molecule has 0 saturated heterocycles. The Kier molecular flexibility index (Phi) is 6.26. The normalized spacial score (nSPS) is 23.7. The van der Waals surface area contributed by atoms with Crippen molar-refractivity contribution in [3.8, 4) is 0 Å². The minimum Gasteiger partial charge on any atom is -0.376 e. The van der Waals surface area contributed by atoms with Gasteiger partial charge in [0.15, 0.2) is 0 Å². The lowest BCUT2D eigenvalue weighted by atomic mass is 9.59. The topological polar surface area (TPSA) is 40.5 Å². The first-order chi connectivity index (χ1) is 19.0. The third-order valence-electron chi connectivity index (χ3n) is 8.26. The predicted octanol–water partition coefficient (Wildman–Crippen LogP) is 8.40. The summed E-state index contributed by atoms with van der Waals surface area (Å²) in [7, 11) is 0. The Morgan fingerprint density at radius 2 is 1.00 bits per heavy atom. The number of hydrogen-bond acceptors (Lipinski definition) is 2. The van der Waals surface area contributed by atoms with Crippen LogP contribution in [0.1, 0.15) is 49.4 Å². The Labute approximate surface area is 230 Å². The molecule has 2 N–H and O–H groups in total. The molecule has 2 aliphatic carbocycles. The van der Waals surface area contributed by atoms with Crippen molar-refractivity contribution < 1.29 is 10.2 Å². The first-order valence-corrected chi connectivity index (χ1v) is 14.0. The van der Waals surface area contributed by atoms with Gasteiger partial charge in [0.25, 0.3) is 0 Å². The molecule has 0 spiro atoms. The molecule has 3 atom stereocenters. The summed E-state index contributed by atoms with van der Waals surface area (Å²) in [6, 6.07) is 36.6. The Morgan fingerprint density at radius 1 is 0.564 bits per heavy atom. The molecule has 2 nitrogen and oxygen atoms in total. The summed E-state index contributed by atoms with van der Waals surface area (Å²) >= 11 is 0. The largest absolute Gasteiger partial charge is 0.376 e. The molecule has 0 bridgehead atoms. The highest BCUT2D eigenvalue weighted by Crippen LogP contribution is 2.57. The van der Waals surface area contributed by atoms with E-state index >= 15 is 0 Å². The summed E-state index contributed by atoms with van der Waals surface area (Å²) in [5.74, 6) is 0.247. The van der Waals surface area contributed by atoms with Crippen molar-refractivity contribution in [2.24, 2.45) is 5.92 Å². The van der Waals surface area contributed by atoms with E-state index < -0.39 is 11.2 Å². The third-order valence-corrected chi connectivity index (χ3v) is 8.26. The molecule has 194 valence electrons. The van der Waals surface area contributed by atoms with Crippen LogP contribution in [0.25, 0.3) is 21.5 Å². The number of hydrogen-bond donors (Lipinski definition) is 2. The van der Waals surface area contributed by atoms with Crippen LogP contribution < -0.4 is 0 Å². The zero-order chi connectivity index (χ0) is 27.2. The summed E-state index contributed by atoms with van der Waals surface area (Å²) in [6.45, 7) is 6.16. The average molecular weight is 511 g/mol. The van der Waals surface area contributed by atoms with Crippen molar-refractivity contribution in [3.63, 3.8) is 0 Å². The fourth-order valence-corrected chi connectivity index (χ4v) is 6.37. The Balaban J connectivity index is 0.00000135. The van der Waals surface area contributed by atoms with E-state index in [0.29, 0.717) is 0 Å².